The number of anilines is 6. The number of carbonyl (C=O) groups excluding carboxylic acids is 14. The van der Waals surface area contributed by atoms with Gasteiger partial charge in [0.2, 0.25) is 17.7 Å². The maximum atomic E-state index is 13.0. The van der Waals surface area contributed by atoms with Crippen molar-refractivity contribution >= 4 is 193 Å². The van der Waals surface area contributed by atoms with Crippen molar-refractivity contribution < 1.29 is 114 Å². The molecule has 138 heavy (non-hydrogen) atoms. The standard InChI is InChI=1S/C19H20ClNO6S.C19H17NO2S.C18H28N2O3S.C17H18N2O5S.C15H14FNO3S.C11H13NO4S/c1-4-25-18(23)15-11(3)16(19(24)26-5-2)28-17(15)21-14(22)10-27-13-8-6-12(20)7-9-13;1-2-22-19(21)16-15(13-9-5-3-6-10-13)17(23-18(16)20)14-11-7-4-8-12-14;1-4-23-18(22)16-13-7-5-6-8-14(13)24-17(16)20-15(21)11-19-10-9-12(2)3;1-4-23-16(21)12-10(3)13(17(22)24-5-2)25-15(12)19-14(20)11-7-6-8-18-9-11;1-3-20-15(19)13-12(8-21-14(13)17-9(2)18)10-4-6-11(16)7-5-10;1-5-8(11(15)16-4)10(12-7(3)14)17-9(5)6(2)13/h6-9H,4-5,10H2,1-3H3,(H,21,22);3-12H,2,20H2,1H3;12,19H,4-11H2,1-3H3,(H,20,21);6-9H,4-5H2,1-3H3,(H,19,20);4-8H,3H2,1-2H3,(H,17,18);1-4H3,(H,12,14). The maximum absolute atomic E-state index is 13.0. The highest BCUT2D eigenvalue weighted by Gasteiger charge is 2.33. The summed E-state index contributed by atoms with van der Waals surface area (Å²) in [6, 6.07) is 35.4. The molecule has 4 aromatic carbocycles. The summed E-state index contributed by atoms with van der Waals surface area (Å²) in [6.07, 6.45) is 8.09. The predicted molar refractivity (Wildman–Crippen MR) is 538 cm³/mol. The van der Waals surface area contributed by atoms with E-state index in [0.29, 0.717) is 105 Å². The van der Waals surface area contributed by atoms with Crippen LogP contribution in [0.2, 0.25) is 5.02 Å². The number of esters is 8. The molecular formula is C99H110ClFN8O23S6. The molecule has 0 saturated heterocycles. The zero-order valence-corrected chi connectivity index (χ0v) is 84.7. The molecule has 0 fully saturated rings. The van der Waals surface area contributed by atoms with Crippen LogP contribution in [-0.4, -0.2) is 161 Å². The van der Waals surface area contributed by atoms with Crippen LogP contribution in [0.1, 0.15) is 231 Å². The first-order valence-electron chi connectivity index (χ1n) is 43.7. The largest absolute Gasteiger partial charge is 0.484 e. The van der Waals surface area contributed by atoms with Gasteiger partial charge in [0, 0.05) is 57.5 Å². The number of carbonyl (C=O) groups is 14. The number of nitrogens with one attached hydrogen (secondary N) is 6. The number of amides is 5. The number of nitrogens with two attached hydrogens (primary N) is 1. The van der Waals surface area contributed by atoms with Crippen molar-refractivity contribution in [3.63, 3.8) is 0 Å². The molecule has 1 aliphatic carbocycles. The Balaban J connectivity index is 0.000000227. The van der Waals surface area contributed by atoms with Gasteiger partial charge in [-0.3, -0.25) is 33.8 Å². The first-order chi connectivity index (χ1) is 66.0. The van der Waals surface area contributed by atoms with E-state index in [1.54, 1.807) is 129 Å². The number of fused-ring (bicyclic) bond motifs is 1. The van der Waals surface area contributed by atoms with Crippen molar-refractivity contribution in [2.24, 2.45) is 5.92 Å². The molecule has 0 spiro atoms. The molecule has 0 radical (unpaired) electrons. The molecule has 7 aromatic heterocycles. The Kier molecular flexibility index (Phi) is 45.8. The number of hydrogen-bond donors (Lipinski definition) is 7. The Morgan fingerprint density at radius 3 is 1.43 bits per heavy atom. The molecule has 7 heterocycles. The van der Waals surface area contributed by atoms with Crippen LogP contribution in [0.25, 0.3) is 32.7 Å². The fourth-order valence-corrected chi connectivity index (χ4v) is 19.9. The number of hydrogen-bond acceptors (Lipinski definition) is 32. The van der Waals surface area contributed by atoms with E-state index in [9.17, 15) is 71.5 Å². The third-order valence-electron chi connectivity index (χ3n) is 19.2. The molecule has 0 unspecified atom stereocenters. The van der Waals surface area contributed by atoms with Gasteiger partial charge in [0.25, 0.3) is 11.8 Å². The van der Waals surface area contributed by atoms with E-state index in [-0.39, 0.29) is 124 Å². The Morgan fingerprint density at radius 1 is 0.471 bits per heavy atom. The van der Waals surface area contributed by atoms with E-state index in [1.165, 1.54) is 85.1 Å². The van der Waals surface area contributed by atoms with Gasteiger partial charge in [0.05, 0.1) is 92.6 Å². The fourth-order valence-electron chi connectivity index (χ4n) is 13.1. The van der Waals surface area contributed by atoms with Gasteiger partial charge in [0.15, 0.2) is 12.4 Å². The molecule has 0 aliphatic heterocycles. The molecule has 0 saturated carbocycles. The number of thiophene rings is 6. The van der Waals surface area contributed by atoms with Gasteiger partial charge in [-0.2, -0.15) is 0 Å². The second-order valence-corrected chi connectivity index (χ2v) is 36.2. The van der Waals surface area contributed by atoms with E-state index in [0.717, 1.165) is 99.8 Å². The number of rotatable bonds is 33. The molecule has 31 nitrogen and oxygen atoms in total. The van der Waals surface area contributed by atoms with Gasteiger partial charge in [-0.25, -0.2) is 42.7 Å². The average Bonchev–Trinajstić information content (AvgIpc) is 1.62. The Morgan fingerprint density at radius 2 is 0.928 bits per heavy atom. The minimum Gasteiger partial charge on any atom is -0.484 e. The topological polar surface area (TPSA) is 433 Å². The van der Waals surface area contributed by atoms with Crippen molar-refractivity contribution in [3.8, 4) is 38.4 Å². The van der Waals surface area contributed by atoms with Gasteiger partial charge >= 0.3 is 47.8 Å². The van der Waals surface area contributed by atoms with Gasteiger partial charge in [-0.1, -0.05) is 98.2 Å². The minimum absolute atomic E-state index is 0.108. The summed E-state index contributed by atoms with van der Waals surface area (Å²) in [4.78, 5) is 175. The first-order valence-corrected chi connectivity index (χ1v) is 49.0. The lowest BCUT2D eigenvalue weighted by atomic mass is 9.95. The quantitative estimate of drug-likeness (QED) is 0.00869. The van der Waals surface area contributed by atoms with Crippen molar-refractivity contribution in [3.05, 3.63) is 231 Å². The summed E-state index contributed by atoms with van der Waals surface area (Å²) in [7, 11) is 1.25. The highest BCUT2D eigenvalue weighted by molar-refractivity contribution is 7.21. The molecule has 12 rings (SSSR count). The Hall–Kier alpha value is -13.2. The summed E-state index contributed by atoms with van der Waals surface area (Å²) in [6.45, 7) is 27.8. The summed E-state index contributed by atoms with van der Waals surface area (Å²) in [5.74, 6) is -5.11. The van der Waals surface area contributed by atoms with Crippen LogP contribution in [0, 0.1) is 32.5 Å². The molecule has 0 bridgehead atoms. The number of benzene rings is 4. The van der Waals surface area contributed by atoms with E-state index >= 15 is 0 Å². The number of nitrogens with zero attached hydrogens (tertiary/aromatic N) is 1. The van der Waals surface area contributed by atoms with Crippen LogP contribution in [0.3, 0.4) is 0 Å². The summed E-state index contributed by atoms with van der Waals surface area (Å²) in [5, 5.41) is 21.1. The van der Waals surface area contributed by atoms with Crippen LogP contribution in [0.4, 0.5) is 34.4 Å². The lowest BCUT2D eigenvalue weighted by Gasteiger charge is -2.12. The zero-order valence-electron chi connectivity index (χ0n) is 79.1. The molecule has 11 aromatic rings. The third kappa shape index (κ3) is 32.2. The number of ether oxygens (including phenoxy) is 9. The number of Topliss-reactive ketones (excluding diaryl/α,β-unsaturated/α-hetero) is 1. The Labute approximate surface area is 827 Å². The van der Waals surface area contributed by atoms with Gasteiger partial charge in [0.1, 0.15) is 62.5 Å². The van der Waals surface area contributed by atoms with Crippen LogP contribution < -0.4 is 42.4 Å². The minimum atomic E-state index is -0.624. The molecular weight excluding hydrogens is 1920 g/mol. The monoisotopic (exact) mass is 2020 g/mol. The number of halogens is 2. The Bertz CT molecular complexity index is 6070. The lowest BCUT2D eigenvalue weighted by molar-refractivity contribution is -0.118. The van der Waals surface area contributed by atoms with Crippen molar-refractivity contribution in [2.45, 2.75) is 136 Å². The molecule has 8 N–H and O–H groups in total. The number of aromatic nitrogens is 1. The summed E-state index contributed by atoms with van der Waals surface area (Å²) >= 11 is 13.0. The van der Waals surface area contributed by atoms with Crippen LogP contribution in [0.5, 0.6) is 5.75 Å². The maximum Gasteiger partial charge on any atom is 0.348 e. The van der Waals surface area contributed by atoms with E-state index in [4.69, 9.17) is 55.2 Å². The van der Waals surface area contributed by atoms with Crippen molar-refractivity contribution in [1.29, 1.82) is 0 Å². The second kappa shape index (κ2) is 56.5. The first kappa shape index (κ1) is 112. The van der Waals surface area contributed by atoms with E-state index < -0.39 is 47.6 Å². The van der Waals surface area contributed by atoms with Crippen LogP contribution in [0.15, 0.2) is 139 Å². The third-order valence-corrected chi connectivity index (χ3v) is 26.3. The van der Waals surface area contributed by atoms with Gasteiger partial charge in [-0.05, 0) is 208 Å². The predicted octanol–water partition coefficient (Wildman–Crippen LogP) is 21.1. The average molecular weight is 2030 g/mol. The van der Waals surface area contributed by atoms with E-state index in [1.807, 2.05) is 60.7 Å². The van der Waals surface area contributed by atoms with Crippen molar-refractivity contribution in [1.82, 2.24) is 10.3 Å². The molecule has 5 amide bonds. The number of nitrogen functional groups attached to an aromatic ring is 1. The number of aryl methyl sites for hydroxylation is 1. The van der Waals surface area contributed by atoms with Crippen LogP contribution >= 0.6 is 79.6 Å². The molecule has 1 aliphatic rings. The number of pyridine rings is 1. The normalized spacial score (nSPS) is 10.8. The van der Waals surface area contributed by atoms with Crippen molar-refractivity contribution in [2.75, 3.05) is 105 Å². The van der Waals surface area contributed by atoms with Gasteiger partial charge in [-0.15, -0.1) is 68.0 Å². The SMILES string of the molecule is CCOC(=O)c1c(-c2ccc(F)cc2)csc1NC(C)=O.CCOC(=O)c1c(N)sc(-c2ccccc2)c1-c1ccccc1.CCOC(=O)c1c(NC(=O)CNCCC(C)C)sc2c1CCCC2.CCOC(=O)c1sc(NC(=O)COc2ccc(Cl)cc2)c(C(=O)OCC)c1C.CCOC(=O)c1sc(NC(=O)c2cccnc2)c(C(=O)OCC)c1C.COC(=O)c1c(NC(C)=O)sc(C(C)=O)c1C. The zero-order chi connectivity index (χ0) is 101. The van der Waals surface area contributed by atoms with Crippen LogP contribution in [-0.2, 0) is 69.9 Å². The van der Waals surface area contributed by atoms with E-state index in [2.05, 4.69) is 55.5 Å². The smallest absolute Gasteiger partial charge is 0.348 e. The molecule has 39 heteroatoms. The number of ketones is 1. The highest BCUT2D eigenvalue weighted by Crippen LogP contribution is 2.46. The summed E-state index contributed by atoms with van der Waals surface area (Å²) < 4.78 is 58.6. The summed E-state index contributed by atoms with van der Waals surface area (Å²) in [5.41, 5.74) is 15.0. The highest BCUT2D eigenvalue weighted by atomic mass is 35.5. The fraction of sp³-hybridized carbons (Fsp3) is 0.323. The van der Waals surface area contributed by atoms with Gasteiger partial charge < -0.3 is 80.3 Å². The lowest BCUT2D eigenvalue weighted by Crippen LogP contribution is -2.29. The molecule has 734 valence electrons. The molecule has 0 atom stereocenters. The second-order valence-electron chi connectivity index (χ2n) is 29.7. The number of methoxy groups -OCH3 is 1.